The molecule has 8 heteroatoms. The van der Waals surface area contributed by atoms with E-state index in [1.807, 2.05) is 6.92 Å². The molecular formula is C16H23N3O3S2. The van der Waals surface area contributed by atoms with Crippen molar-refractivity contribution in [2.24, 2.45) is 0 Å². The average Bonchev–Trinajstić information content (AvgIpc) is 3.40. The molecule has 0 unspecified atom stereocenters. The summed E-state index contributed by atoms with van der Waals surface area (Å²) in [5.74, 6) is 0.00862. The van der Waals surface area contributed by atoms with E-state index >= 15 is 0 Å². The van der Waals surface area contributed by atoms with Crippen LogP contribution in [0.5, 0.6) is 0 Å². The molecule has 1 aliphatic heterocycles. The molecule has 24 heavy (non-hydrogen) atoms. The lowest BCUT2D eigenvalue weighted by Crippen LogP contribution is -2.35. The van der Waals surface area contributed by atoms with Crippen molar-refractivity contribution in [3.05, 3.63) is 18.3 Å². The van der Waals surface area contributed by atoms with Gasteiger partial charge in [-0.1, -0.05) is 18.2 Å². The molecule has 6 nitrogen and oxygen atoms in total. The van der Waals surface area contributed by atoms with E-state index in [9.17, 15) is 13.2 Å². The van der Waals surface area contributed by atoms with Crippen LogP contribution < -0.4 is 5.32 Å². The molecule has 1 N–H and O–H groups in total. The van der Waals surface area contributed by atoms with Crippen LogP contribution in [-0.2, 0) is 14.8 Å². The Balaban J connectivity index is 1.62. The summed E-state index contributed by atoms with van der Waals surface area (Å²) in [5, 5.41) is 3.37. The Kier molecular flexibility index (Phi) is 5.46. The molecule has 0 bridgehead atoms. The number of pyridine rings is 1. The standard InChI is InChI=1S/C16H23N3O3S2/c1-12(16(20)18-13-5-6-13)23-15-8-7-14(11-17-15)24(21,22)19-9-3-2-4-10-19/h7-8,11-13H,2-6,9-10H2,1H3,(H,18,20)/t12-/m0/s1. The number of hydrogen-bond acceptors (Lipinski definition) is 5. The zero-order valence-electron chi connectivity index (χ0n) is 13.8. The van der Waals surface area contributed by atoms with Gasteiger partial charge in [0.15, 0.2) is 0 Å². The minimum Gasteiger partial charge on any atom is -0.352 e. The Hall–Kier alpha value is -1.12. The SMILES string of the molecule is C[C@H](Sc1ccc(S(=O)(=O)N2CCCCC2)cn1)C(=O)NC1CC1. The van der Waals surface area contributed by atoms with E-state index < -0.39 is 10.0 Å². The van der Waals surface area contributed by atoms with Crippen molar-refractivity contribution in [1.29, 1.82) is 0 Å². The van der Waals surface area contributed by atoms with Crippen molar-refractivity contribution in [1.82, 2.24) is 14.6 Å². The molecule has 3 rings (SSSR count). The van der Waals surface area contributed by atoms with E-state index in [1.165, 1.54) is 22.3 Å². The van der Waals surface area contributed by atoms with Crippen LogP contribution in [0.2, 0.25) is 0 Å². The fourth-order valence-electron chi connectivity index (χ4n) is 2.62. The molecule has 1 saturated heterocycles. The van der Waals surface area contributed by atoms with Gasteiger partial charge in [-0.05, 0) is 44.7 Å². The van der Waals surface area contributed by atoms with Gasteiger partial charge in [-0.2, -0.15) is 4.31 Å². The number of thioether (sulfide) groups is 1. The quantitative estimate of drug-likeness (QED) is 0.776. The molecule has 0 radical (unpaired) electrons. The molecule has 1 amide bonds. The summed E-state index contributed by atoms with van der Waals surface area (Å²) in [6.45, 7) is 3.00. The van der Waals surface area contributed by atoms with E-state index in [4.69, 9.17) is 0 Å². The Morgan fingerprint density at radius 3 is 2.58 bits per heavy atom. The highest BCUT2D eigenvalue weighted by Crippen LogP contribution is 2.26. The maximum atomic E-state index is 12.6. The second-order valence-electron chi connectivity index (χ2n) is 6.34. The van der Waals surface area contributed by atoms with Crippen LogP contribution in [0.1, 0.15) is 39.0 Å². The molecule has 0 aromatic carbocycles. The minimum absolute atomic E-state index is 0.00862. The second kappa shape index (κ2) is 7.41. The van der Waals surface area contributed by atoms with Crippen LogP contribution in [0.15, 0.2) is 28.3 Å². The minimum atomic E-state index is -3.45. The highest BCUT2D eigenvalue weighted by atomic mass is 32.2. The van der Waals surface area contributed by atoms with Crippen molar-refractivity contribution in [3.8, 4) is 0 Å². The number of carbonyl (C=O) groups excluding carboxylic acids is 1. The zero-order valence-corrected chi connectivity index (χ0v) is 15.4. The third kappa shape index (κ3) is 4.29. The summed E-state index contributed by atoms with van der Waals surface area (Å²) in [4.78, 5) is 16.4. The summed E-state index contributed by atoms with van der Waals surface area (Å²) in [6, 6.07) is 3.61. The van der Waals surface area contributed by atoms with E-state index in [0.29, 0.717) is 24.2 Å². The van der Waals surface area contributed by atoms with Gasteiger partial charge in [0.05, 0.1) is 10.3 Å². The van der Waals surface area contributed by atoms with Gasteiger partial charge >= 0.3 is 0 Å². The summed E-state index contributed by atoms with van der Waals surface area (Å²) in [6.07, 6.45) is 6.43. The van der Waals surface area contributed by atoms with Crippen molar-refractivity contribution >= 4 is 27.7 Å². The van der Waals surface area contributed by atoms with Gasteiger partial charge in [-0.15, -0.1) is 0 Å². The topological polar surface area (TPSA) is 79.4 Å². The van der Waals surface area contributed by atoms with Crippen LogP contribution in [0, 0.1) is 0 Å². The van der Waals surface area contributed by atoms with Gasteiger partial charge in [0.2, 0.25) is 15.9 Å². The van der Waals surface area contributed by atoms with Gasteiger partial charge in [0.25, 0.3) is 0 Å². The Labute approximate surface area is 147 Å². The molecular weight excluding hydrogens is 346 g/mol. The molecule has 132 valence electrons. The van der Waals surface area contributed by atoms with E-state index in [0.717, 1.165) is 32.1 Å². The number of piperidine rings is 1. The number of carbonyl (C=O) groups is 1. The summed E-state index contributed by atoms with van der Waals surface area (Å²) < 4.78 is 26.7. The number of nitrogens with one attached hydrogen (secondary N) is 1. The van der Waals surface area contributed by atoms with Crippen LogP contribution in [0.25, 0.3) is 0 Å². The van der Waals surface area contributed by atoms with E-state index in [-0.39, 0.29) is 16.1 Å². The maximum absolute atomic E-state index is 12.6. The number of aromatic nitrogens is 1. The number of amides is 1. The van der Waals surface area contributed by atoms with Crippen LogP contribution >= 0.6 is 11.8 Å². The first-order valence-electron chi connectivity index (χ1n) is 8.40. The molecule has 0 spiro atoms. The van der Waals surface area contributed by atoms with Crippen LogP contribution in [0.3, 0.4) is 0 Å². The third-order valence-corrected chi connectivity index (χ3v) is 7.19. The predicted molar refractivity (Wildman–Crippen MR) is 93.3 cm³/mol. The highest BCUT2D eigenvalue weighted by molar-refractivity contribution is 8.00. The monoisotopic (exact) mass is 369 g/mol. The van der Waals surface area contributed by atoms with E-state index in [2.05, 4.69) is 10.3 Å². The molecule has 1 atom stereocenters. The Morgan fingerprint density at radius 2 is 2.00 bits per heavy atom. The summed E-state index contributed by atoms with van der Waals surface area (Å²) in [7, 11) is -3.45. The number of nitrogens with zero attached hydrogens (tertiary/aromatic N) is 2. The molecule has 2 aliphatic rings. The molecule has 1 aliphatic carbocycles. The summed E-state index contributed by atoms with van der Waals surface area (Å²) in [5.41, 5.74) is 0. The molecule has 1 aromatic rings. The predicted octanol–water partition coefficient (Wildman–Crippen LogP) is 2.02. The number of rotatable bonds is 6. The van der Waals surface area contributed by atoms with E-state index in [1.54, 1.807) is 12.1 Å². The molecule has 1 saturated carbocycles. The van der Waals surface area contributed by atoms with Gasteiger partial charge < -0.3 is 5.32 Å². The fraction of sp³-hybridized carbons (Fsp3) is 0.625. The van der Waals surface area contributed by atoms with Gasteiger partial charge in [-0.3, -0.25) is 4.79 Å². The molecule has 1 aromatic heterocycles. The van der Waals surface area contributed by atoms with Crippen molar-refractivity contribution in [2.75, 3.05) is 13.1 Å². The normalized spacial score (nSPS) is 20.5. The van der Waals surface area contributed by atoms with Gasteiger partial charge in [0, 0.05) is 25.3 Å². The first-order valence-corrected chi connectivity index (χ1v) is 10.7. The lowest BCUT2D eigenvalue weighted by molar-refractivity contribution is -0.120. The number of hydrogen-bond donors (Lipinski definition) is 1. The highest BCUT2D eigenvalue weighted by Gasteiger charge is 2.27. The second-order valence-corrected chi connectivity index (χ2v) is 9.64. The summed E-state index contributed by atoms with van der Waals surface area (Å²) >= 11 is 1.34. The first kappa shape index (κ1) is 17.7. The first-order chi connectivity index (χ1) is 11.5. The third-order valence-electron chi connectivity index (χ3n) is 4.25. The Morgan fingerprint density at radius 1 is 1.29 bits per heavy atom. The lowest BCUT2D eigenvalue weighted by Gasteiger charge is -2.25. The smallest absolute Gasteiger partial charge is 0.244 e. The fourth-order valence-corrected chi connectivity index (χ4v) is 4.88. The van der Waals surface area contributed by atoms with Crippen molar-refractivity contribution < 1.29 is 13.2 Å². The van der Waals surface area contributed by atoms with Crippen molar-refractivity contribution in [3.63, 3.8) is 0 Å². The largest absolute Gasteiger partial charge is 0.352 e. The van der Waals surface area contributed by atoms with Gasteiger partial charge in [0.1, 0.15) is 4.90 Å². The lowest BCUT2D eigenvalue weighted by atomic mass is 10.2. The molecule has 2 heterocycles. The van der Waals surface area contributed by atoms with Gasteiger partial charge in [-0.25, -0.2) is 13.4 Å². The zero-order chi connectivity index (χ0) is 17.2. The van der Waals surface area contributed by atoms with Crippen LogP contribution in [0.4, 0.5) is 0 Å². The average molecular weight is 370 g/mol. The van der Waals surface area contributed by atoms with Crippen LogP contribution in [-0.4, -0.2) is 48.0 Å². The molecule has 2 fully saturated rings. The van der Waals surface area contributed by atoms with Crippen molar-refractivity contribution in [2.45, 2.75) is 60.2 Å². The number of sulfonamides is 1. The maximum Gasteiger partial charge on any atom is 0.244 e. The Bertz CT molecular complexity index is 681.